The van der Waals surface area contributed by atoms with Gasteiger partial charge in [-0.1, -0.05) is 56.3 Å². The van der Waals surface area contributed by atoms with Crippen LogP contribution in [0.1, 0.15) is 32.3 Å². The Morgan fingerprint density at radius 3 is 2.62 bits per heavy atom. The summed E-state index contributed by atoms with van der Waals surface area (Å²) in [6.45, 7) is 7.44. The minimum Gasteiger partial charge on any atom is -0.370 e. The Morgan fingerprint density at radius 2 is 2.00 bits per heavy atom. The number of rotatable bonds is 2. The van der Waals surface area contributed by atoms with Crippen LogP contribution in [0.15, 0.2) is 42.5 Å². The molecule has 0 aliphatic carbocycles. The van der Waals surface area contributed by atoms with Gasteiger partial charge in [-0.2, -0.15) is 0 Å². The van der Waals surface area contributed by atoms with Gasteiger partial charge in [0.1, 0.15) is 0 Å². The zero-order valence-corrected chi connectivity index (χ0v) is 10.3. The first-order valence-electron chi connectivity index (χ1n) is 6.00. The first-order valence-corrected chi connectivity index (χ1v) is 6.00. The van der Waals surface area contributed by atoms with E-state index >= 15 is 0 Å². The Balaban J connectivity index is 2.27. The Hall–Kier alpha value is -1.08. The fraction of sp³-hybridized carbons (Fsp3) is 0.467. The second-order valence-electron chi connectivity index (χ2n) is 4.84. The largest absolute Gasteiger partial charge is 0.370 e. The van der Waals surface area contributed by atoms with E-state index in [1.54, 1.807) is 0 Å². The van der Waals surface area contributed by atoms with Gasteiger partial charge in [-0.05, 0) is 12.5 Å². The smallest absolute Gasteiger partial charge is 0.0783 e. The van der Waals surface area contributed by atoms with Gasteiger partial charge in [0.05, 0.1) is 12.2 Å². The Morgan fingerprint density at radius 1 is 1.31 bits per heavy atom. The summed E-state index contributed by atoms with van der Waals surface area (Å²) < 4.78 is 6.01. The normalized spacial score (nSPS) is 31.3. The van der Waals surface area contributed by atoms with E-state index in [-0.39, 0.29) is 5.60 Å². The molecule has 0 saturated carbocycles. The predicted octanol–water partition coefficient (Wildman–Crippen LogP) is 3.77. The minimum absolute atomic E-state index is 0.0872. The maximum Gasteiger partial charge on any atom is 0.0783 e. The molecule has 1 heterocycles. The molecule has 0 fully saturated rings. The fourth-order valence-corrected chi connectivity index (χ4v) is 2.40. The molecule has 2 unspecified atom stereocenters. The number of hydrogen-bond donors (Lipinski definition) is 0. The van der Waals surface area contributed by atoms with Crippen molar-refractivity contribution in [3.63, 3.8) is 0 Å². The summed E-state index contributed by atoms with van der Waals surface area (Å²) in [4.78, 5) is 0. The summed E-state index contributed by atoms with van der Waals surface area (Å²) in [6.07, 6.45) is 4.38. The third-order valence-corrected chi connectivity index (χ3v) is 3.98. The van der Waals surface area contributed by atoms with Gasteiger partial charge < -0.3 is 4.74 Å². The maximum absolute atomic E-state index is 6.01. The molecule has 3 atom stereocenters. The molecule has 86 valence electrons. The van der Waals surface area contributed by atoms with Crippen LogP contribution in [-0.4, -0.2) is 12.2 Å². The molecule has 0 amide bonds. The van der Waals surface area contributed by atoms with E-state index in [9.17, 15) is 0 Å². The van der Waals surface area contributed by atoms with Crippen LogP contribution in [0, 0.1) is 5.92 Å². The average Bonchev–Trinajstić information content (AvgIpc) is 2.33. The van der Waals surface area contributed by atoms with Gasteiger partial charge in [0.2, 0.25) is 0 Å². The highest BCUT2D eigenvalue weighted by Gasteiger charge is 2.38. The van der Waals surface area contributed by atoms with E-state index in [2.05, 4.69) is 63.3 Å². The van der Waals surface area contributed by atoms with Crippen molar-refractivity contribution in [3.05, 3.63) is 48.0 Å². The molecule has 0 radical (unpaired) electrons. The highest BCUT2D eigenvalue weighted by Crippen LogP contribution is 2.39. The van der Waals surface area contributed by atoms with Gasteiger partial charge in [0.25, 0.3) is 0 Å². The second kappa shape index (κ2) is 4.42. The molecule has 1 aliphatic heterocycles. The van der Waals surface area contributed by atoms with Gasteiger partial charge in [-0.15, -0.1) is 0 Å². The van der Waals surface area contributed by atoms with Crippen molar-refractivity contribution in [2.45, 2.75) is 32.3 Å². The van der Waals surface area contributed by atoms with E-state index in [0.717, 1.165) is 6.61 Å². The summed E-state index contributed by atoms with van der Waals surface area (Å²) >= 11 is 0. The monoisotopic (exact) mass is 216 g/mol. The molecular weight excluding hydrogens is 196 g/mol. The van der Waals surface area contributed by atoms with Crippen molar-refractivity contribution in [2.24, 2.45) is 5.92 Å². The molecule has 0 saturated heterocycles. The van der Waals surface area contributed by atoms with Gasteiger partial charge in [-0.25, -0.2) is 0 Å². The van der Waals surface area contributed by atoms with E-state index in [0.29, 0.717) is 11.8 Å². The number of ether oxygens (including phenoxy) is 1. The minimum atomic E-state index is -0.0872. The van der Waals surface area contributed by atoms with Crippen LogP contribution < -0.4 is 0 Å². The molecule has 0 bridgehead atoms. The molecule has 0 N–H and O–H groups in total. The summed E-state index contributed by atoms with van der Waals surface area (Å²) in [6, 6.07) is 10.6. The highest BCUT2D eigenvalue weighted by atomic mass is 16.5. The third kappa shape index (κ3) is 1.92. The zero-order valence-electron chi connectivity index (χ0n) is 10.3. The Kier molecular flexibility index (Phi) is 3.15. The van der Waals surface area contributed by atoms with Crippen LogP contribution in [-0.2, 0) is 4.74 Å². The molecule has 1 aliphatic rings. The molecule has 1 aromatic carbocycles. The quantitative estimate of drug-likeness (QED) is 0.684. The van der Waals surface area contributed by atoms with Crippen LogP contribution in [0.3, 0.4) is 0 Å². The van der Waals surface area contributed by atoms with Crippen molar-refractivity contribution in [2.75, 3.05) is 6.61 Å². The van der Waals surface area contributed by atoms with Crippen LogP contribution in [0.4, 0.5) is 0 Å². The van der Waals surface area contributed by atoms with Crippen LogP contribution in [0.5, 0.6) is 0 Å². The van der Waals surface area contributed by atoms with Crippen LogP contribution in [0.25, 0.3) is 0 Å². The van der Waals surface area contributed by atoms with Crippen molar-refractivity contribution >= 4 is 0 Å². The summed E-state index contributed by atoms with van der Waals surface area (Å²) in [7, 11) is 0. The predicted molar refractivity (Wildman–Crippen MR) is 67.5 cm³/mol. The van der Waals surface area contributed by atoms with Crippen molar-refractivity contribution in [1.82, 2.24) is 0 Å². The van der Waals surface area contributed by atoms with Crippen molar-refractivity contribution in [1.29, 1.82) is 0 Å². The van der Waals surface area contributed by atoms with Crippen LogP contribution >= 0.6 is 0 Å². The van der Waals surface area contributed by atoms with Gasteiger partial charge in [0.15, 0.2) is 0 Å². The van der Waals surface area contributed by atoms with Crippen LogP contribution in [0.2, 0.25) is 0 Å². The van der Waals surface area contributed by atoms with Crippen molar-refractivity contribution in [3.8, 4) is 0 Å². The lowest BCUT2D eigenvalue weighted by Crippen LogP contribution is -2.42. The standard InChI is InChI=1S/C15H20O/c1-12-8-7-11-16-15(12,3)13(2)14-9-5-4-6-10-14/h4-10,12-13H,11H2,1-3H3/t12?,13-,15?/m0/s1. The Bertz CT molecular complexity index is 368. The average molecular weight is 216 g/mol. The second-order valence-corrected chi connectivity index (χ2v) is 4.84. The SMILES string of the molecule is CC1C=CCOC1(C)[C@@H](C)c1ccccc1. The number of hydrogen-bond acceptors (Lipinski definition) is 1. The number of benzene rings is 1. The fourth-order valence-electron chi connectivity index (χ4n) is 2.40. The zero-order chi connectivity index (χ0) is 11.6. The van der Waals surface area contributed by atoms with Crippen molar-refractivity contribution < 1.29 is 4.74 Å². The molecular formula is C15H20O. The summed E-state index contributed by atoms with van der Waals surface area (Å²) in [5, 5.41) is 0. The van der Waals surface area contributed by atoms with E-state index in [4.69, 9.17) is 4.74 Å². The third-order valence-electron chi connectivity index (χ3n) is 3.98. The lowest BCUT2D eigenvalue weighted by molar-refractivity contribution is -0.0685. The molecule has 1 aromatic rings. The summed E-state index contributed by atoms with van der Waals surface area (Å²) in [5.41, 5.74) is 1.27. The van der Waals surface area contributed by atoms with Gasteiger partial charge >= 0.3 is 0 Å². The van der Waals surface area contributed by atoms with Gasteiger partial charge in [0, 0.05) is 11.8 Å². The maximum atomic E-state index is 6.01. The first-order chi connectivity index (χ1) is 7.64. The van der Waals surface area contributed by atoms with Gasteiger partial charge in [-0.3, -0.25) is 0 Å². The van der Waals surface area contributed by atoms with E-state index in [1.807, 2.05) is 0 Å². The molecule has 0 spiro atoms. The van der Waals surface area contributed by atoms with E-state index in [1.165, 1.54) is 5.56 Å². The highest BCUT2D eigenvalue weighted by molar-refractivity contribution is 5.24. The molecule has 2 rings (SSSR count). The summed E-state index contributed by atoms with van der Waals surface area (Å²) in [5.74, 6) is 0.866. The molecule has 1 nitrogen and oxygen atoms in total. The lowest BCUT2D eigenvalue weighted by atomic mass is 9.75. The molecule has 0 aromatic heterocycles. The molecule has 1 heteroatoms. The topological polar surface area (TPSA) is 9.23 Å². The lowest BCUT2D eigenvalue weighted by Gasteiger charge is -2.41. The van der Waals surface area contributed by atoms with E-state index < -0.39 is 0 Å². The first kappa shape index (κ1) is 11.4. The molecule has 16 heavy (non-hydrogen) atoms. The Labute approximate surface area is 98.1 Å².